The van der Waals surface area contributed by atoms with Crippen molar-refractivity contribution in [1.82, 2.24) is 20.9 Å². The second-order valence-electron chi connectivity index (χ2n) is 7.87. The highest BCUT2D eigenvalue weighted by Crippen LogP contribution is 2.11. The minimum absolute atomic E-state index is 0.00490. The molecule has 1 aromatic heterocycles. The summed E-state index contributed by atoms with van der Waals surface area (Å²) in [6, 6.07) is 3.78. The van der Waals surface area contributed by atoms with Crippen molar-refractivity contribution in [3.05, 3.63) is 53.5 Å². The standard InChI is InChI=1S/C25H32N4O6S2/c1-4-19-23(32)29-21(15-36-5-2)25(34)35-18(10-6-7-12-37-16(3)30)13-22(31)26-14-17-9-8-11-20(27-17)24(33)28-19/h4,6,8-11,18,21H,5,7,12-15H2,1-3H3,(H,26,31)(H,28,33)(H,29,32)/b10-6+,19-4-/t18-,21+/m1/s1. The van der Waals surface area contributed by atoms with Crippen molar-refractivity contribution in [2.75, 3.05) is 17.3 Å². The number of nitrogens with zero attached hydrogens (tertiary/aromatic N) is 1. The maximum Gasteiger partial charge on any atom is 0.330 e. The molecule has 0 spiro atoms. The van der Waals surface area contributed by atoms with E-state index in [-0.39, 0.29) is 41.1 Å². The van der Waals surface area contributed by atoms with E-state index in [1.807, 2.05) is 6.92 Å². The topological polar surface area (TPSA) is 144 Å². The van der Waals surface area contributed by atoms with E-state index in [2.05, 4.69) is 20.9 Å². The molecule has 2 bridgehead atoms. The zero-order chi connectivity index (χ0) is 27.2. The third kappa shape index (κ3) is 10.8. The normalized spacial score (nSPS) is 20.8. The minimum atomic E-state index is -1.01. The van der Waals surface area contributed by atoms with Crippen LogP contribution in [0.4, 0.5) is 0 Å². The maximum atomic E-state index is 13.1. The predicted octanol–water partition coefficient (Wildman–Crippen LogP) is 2.11. The van der Waals surface area contributed by atoms with Gasteiger partial charge in [0.05, 0.1) is 18.7 Å². The molecular formula is C25H32N4O6S2. The van der Waals surface area contributed by atoms with Crippen LogP contribution in [0.2, 0.25) is 0 Å². The number of allylic oxidation sites excluding steroid dienone is 2. The van der Waals surface area contributed by atoms with Crippen LogP contribution in [0, 0.1) is 0 Å². The number of aromatic nitrogens is 1. The molecule has 2 atom stereocenters. The summed E-state index contributed by atoms with van der Waals surface area (Å²) in [5.74, 6) is -0.825. The highest BCUT2D eigenvalue weighted by Gasteiger charge is 2.27. The number of hydrogen-bond donors (Lipinski definition) is 3. The van der Waals surface area contributed by atoms with E-state index in [4.69, 9.17) is 4.74 Å². The second kappa shape index (κ2) is 15.9. The molecule has 0 unspecified atom stereocenters. The minimum Gasteiger partial charge on any atom is -0.456 e. The summed E-state index contributed by atoms with van der Waals surface area (Å²) in [6.45, 7) is 5.06. The number of carbonyl (C=O) groups excluding carboxylic acids is 5. The van der Waals surface area contributed by atoms with E-state index in [1.54, 1.807) is 31.2 Å². The molecule has 2 rings (SSSR count). The Balaban J connectivity index is 2.33. The number of pyridine rings is 1. The van der Waals surface area contributed by atoms with Crippen molar-refractivity contribution in [1.29, 1.82) is 0 Å². The van der Waals surface area contributed by atoms with Crippen LogP contribution in [0.25, 0.3) is 0 Å². The van der Waals surface area contributed by atoms with Gasteiger partial charge in [-0.15, -0.1) is 0 Å². The molecule has 12 heteroatoms. The van der Waals surface area contributed by atoms with E-state index in [0.29, 0.717) is 23.6 Å². The number of cyclic esters (lactones) is 1. The Morgan fingerprint density at radius 1 is 1.22 bits per heavy atom. The summed E-state index contributed by atoms with van der Waals surface area (Å²) in [6.07, 6.45) is 4.32. The Labute approximate surface area is 224 Å². The third-order valence-electron chi connectivity index (χ3n) is 4.96. The zero-order valence-corrected chi connectivity index (χ0v) is 22.7. The Morgan fingerprint density at radius 2 is 2.00 bits per heavy atom. The van der Waals surface area contributed by atoms with E-state index in [1.165, 1.54) is 42.6 Å². The number of esters is 1. The van der Waals surface area contributed by atoms with E-state index in [9.17, 15) is 24.0 Å². The lowest BCUT2D eigenvalue weighted by Gasteiger charge is -2.22. The van der Waals surface area contributed by atoms with E-state index >= 15 is 0 Å². The summed E-state index contributed by atoms with van der Waals surface area (Å²) in [5, 5.41) is 7.89. The Kier molecular flexibility index (Phi) is 12.9. The van der Waals surface area contributed by atoms with Crippen LogP contribution in [0.3, 0.4) is 0 Å². The fourth-order valence-electron chi connectivity index (χ4n) is 3.13. The van der Waals surface area contributed by atoms with Crippen LogP contribution in [-0.2, 0) is 30.5 Å². The van der Waals surface area contributed by atoms with Gasteiger partial charge in [-0.05, 0) is 37.3 Å². The molecular weight excluding hydrogens is 516 g/mol. The average Bonchev–Trinajstić information content (AvgIpc) is 2.87. The van der Waals surface area contributed by atoms with Gasteiger partial charge >= 0.3 is 5.97 Å². The third-order valence-corrected chi connectivity index (χ3v) is 6.78. The smallest absolute Gasteiger partial charge is 0.330 e. The molecule has 0 saturated carbocycles. The summed E-state index contributed by atoms with van der Waals surface area (Å²) in [5.41, 5.74) is 0.491. The first-order valence-corrected chi connectivity index (χ1v) is 14.0. The lowest BCUT2D eigenvalue weighted by molar-refractivity contribution is -0.151. The van der Waals surface area contributed by atoms with E-state index < -0.39 is 29.9 Å². The van der Waals surface area contributed by atoms with Gasteiger partial charge in [-0.25, -0.2) is 9.78 Å². The Bertz CT molecular complexity index is 1060. The highest BCUT2D eigenvalue weighted by molar-refractivity contribution is 8.13. The van der Waals surface area contributed by atoms with Crippen molar-refractivity contribution >= 4 is 52.3 Å². The summed E-state index contributed by atoms with van der Waals surface area (Å²) >= 11 is 2.61. The molecule has 3 N–H and O–H groups in total. The molecule has 200 valence electrons. The molecule has 1 aliphatic rings. The van der Waals surface area contributed by atoms with Crippen molar-refractivity contribution in [2.45, 2.75) is 52.3 Å². The molecule has 3 amide bonds. The maximum absolute atomic E-state index is 13.1. The number of amides is 3. The summed E-state index contributed by atoms with van der Waals surface area (Å²) in [7, 11) is 0. The van der Waals surface area contributed by atoms with Gasteiger partial charge in [0.15, 0.2) is 5.12 Å². The molecule has 1 aliphatic heterocycles. The van der Waals surface area contributed by atoms with Crippen molar-refractivity contribution in [3.63, 3.8) is 0 Å². The first-order chi connectivity index (χ1) is 17.7. The second-order valence-corrected chi connectivity index (χ2v) is 10.5. The van der Waals surface area contributed by atoms with Gasteiger partial charge in [-0.3, -0.25) is 19.2 Å². The van der Waals surface area contributed by atoms with Crippen molar-refractivity contribution in [3.8, 4) is 0 Å². The van der Waals surface area contributed by atoms with Crippen LogP contribution in [-0.4, -0.2) is 63.2 Å². The summed E-state index contributed by atoms with van der Waals surface area (Å²) < 4.78 is 5.63. The number of thioether (sulfide) groups is 2. The largest absolute Gasteiger partial charge is 0.456 e. The quantitative estimate of drug-likeness (QED) is 0.202. The lowest BCUT2D eigenvalue weighted by Crippen LogP contribution is -2.47. The van der Waals surface area contributed by atoms with Gasteiger partial charge in [-0.1, -0.05) is 36.9 Å². The SMILES string of the molecule is C/C=C1\NC(=O)c2cccc(n2)CNC(=O)C[C@@H](/C=C/CCSC(C)=O)OC(=O)[C@H](CSCC)NC1=O. The molecule has 0 aromatic carbocycles. The van der Waals surface area contributed by atoms with Crippen LogP contribution in [0.1, 0.15) is 49.8 Å². The Hall–Kier alpha value is -3.12. The lowest BCUT2D eigenvalue weighted by atomic mass is 10.2. The van der Waals surface area contributed by atoms with Gasteiger partial charge in [0.2, 0.25) is 5.91 Å². The van der Waals surface area contributed by atoms with Crippen LogP contribution in [0.15, 0.2) is 42.1 Å². The van der Waals surface area contributed by atoms with Crippen LogP contribution >= 0.6 is 23.5 Å². The molecule has 0 radical (unpaired) electrons. The molecule has 10 nitrogen and oxygen atoms in total. The van der Waals surface area contributed by atoms with Crippen molar-refractivity contribution in [2.24, 2.45) is 0 Å². The highest BCUT2D eigenvalue weighted by atomic mass is 32.2. The fourth-order valence-corrected chi connectivity index (χ4v) is 4.37. The molecule has 0 saturated heterocycles. The molecule has 37 heavy (non-hydrogen) atoms. The number of fused-ring (bicyclic) bond motifs is 2. The zero-order valence-electron chi connectivity index (χ0n) is 21.1. The molecule has 2 heterocycles. The average molecular weight is 549 g/mol. The van der Waals surface area contributed by atoms with Crippen LogP contribution < -0.4 is 16.0 Å². The number of carbonyl (C=O) groups is 5. The van der Waals surface area contributed by atoms with Gasteiger partial charge < -0.3 is 20.7 Å². The van der Waals surface area contributed by atoms with Crippen LogP contribution in [0.5, 0.6) is 0 Å². The summed E-state index contributed by atoms with van der Waals surface area (Å²) in [4.78, 5) is 66.7. The number of hydrogen-bond acceptors (Lipinski definition) is 9. The number of rotatable bonds is 7. The van der Waals surface area contributed by atoms with Crippen molar-refractivity contribution < 1.29 is 28.7 Å². The number of ether oxygens (including phenoxy) is 1. The van der Waals surface area contributed by atoms with Gasteiger partial charge in [0.25, 0.3) is 11.8 Å². The molecule has 1 aromatic rings. The van der Waals surface area contributed by atoms with Gasteiger partial charge in [-0.2, -0.15) is 11.8 Å². The predicted molar refractivity (Wildman–Crippen MR) is 144 cm³/mol. The first-order valence-electron chi connectivity index (χ1n) is 11.8. The number of nitrogens with one attached hydrogen (secondary N) is 3. The molecule has 0 aliphatic carbocycles. The monoisotopic (exact) mass is 548 g/mol. The van der Waals surface area contributed by atoms with Gasteiger partial charge in [0.1, 0.15) is 23.5 Å². The first kappa shape index (κ1) is 30.1. The van der Waals surface area contributed by atoms with Gasteiger partial charge in [0, 0.05) is 18.4 Å². The Morgan fingerprint density at radius 3 is 2.70 bits per heavy atom. The molecule has 0 fully saturated rings. The fraction of sp³-hybridized carbons (Fsp3) is 0.440. The van der Waals surface area contributed by atoms with E-state index in [0.717, 1.165) is 0 Å².